The van der Waals surface area contributed by atoms with E-state index in [9.17, 15) is 13.2 Å². The number of carbonyl (C=O) groups is 1. The predicted molar refractivity (Wildman–Crippen MR) is 134 cm³/mol. The zero-order chi connectivity index (χ0) is 23.4. The Balaban J connectivity index is 1.29. The van der Waals surface area contributed by atoms with Gasteiger partial charge in [-0.1, -0.05) is 66.7 Å². The fourth-order valence-electron chi connectivity index (χ4n) is 5.42. The van der Waals surface area contributed by atoms with Crippen LogP contribution in [0.1, 0.15) is 16.7 Å². The van der Waals surface area contributed by atoms with Crippen molar-refractivity contribution in [2.45, 2.75) is 24.2 Å². The molecule has 0 unspecified atom stereocenters. The van der Waals surface area contributed by atoms with E-state index in [2.05, 4.69) is 54.6 Å². The lowest BCUT2D eigenvalue weighted by Gasteiger charge is -2.21. The second kappa shape index (κ2) is 7.79. The predicted octanol–water partition coefficient (Wildman–Crippen LogP) is 4.46. The maximum absolute atomic E-state index is 13.5. The van der Waals surface area contributed by atoms with Gasteiger partial charge >= 0.3 is 0 Å². The van der Waals surface area contributed by atoms with Crippen LogP contribution in [0.3, 0.4) is 0 Å². The summed E-state index contributed by atoms with van der Waals surface area (Å²) in [6, 6.07) is 26.1. The third kappa shape index (κ3) is 3.50. The van der Waals surface area contributed by atoms with E-state index in [0.29, 0.717) is 25.1 Å². The fraction of sp³-hybridized carbons (Fsp3) is 0.179. The van der Waals surface area contributed by atoms with Crippen LogP contribution in [0.2, 0.25) is 0 Å². The maximum atomic E-state index is 13.5. The van der Waals surface area contributed by atoms with Crippen molar-refractivity contribution in [3.05, 3.63) is 95.6 Å². The number of fused-ring (bicyclic) bond motifs is 3. The Bertz CT molecular complexity index is 1570. The average Bonchev–Trinajstić information content (AvgIpc) is 3.46. The third-order valence-electron chi connectivity index (χ3n) is 7.14. The number of nitrogens with zero attached hydrogens (tertiary/aromatic N) is 1. The Morgan fingerprint density at radius 2 is 1.62 bits per heavy atom. The Morgan fingerprint density at radius 1 is 0.853 bits per heavy atom. The fourth-order valence-corrected chi connectivity index (χ4v) is 5.96. The number of sulfonamides is 1. The normalized spacial score (nSPS) is 17.1. The van der Waals surface area contributed by atoms with Crippen molar-refractivity contribution in [1.82, 2.24) is 0 Å². The van der Waals surface area contributed by atoms with Crippen molar-refractivity contribution in [3.63, 3.8) is 0 Å². The van der Waals surface area contributed by atoms with Crippen molar-refractivity contribution >= 4 is 32.4 Å². The first kappa shape index (κ1) is 21.1. The minimum Gasteiger partial charge on any atom is -0.312 e. The molecule has 34 heavy (non-hydrogen) atoms. The average molecular weight is 469 g/mol. The molecule has 0 saturated carbocycles. The molecule has 4 aromatic rings. The highest BCUT2D eigenvalue weighted by Crippen LogP contribution is 2.37. The lowest BCUT2D eigenvalue weighted by molar-refractivity contribution is -0.122. The van der Waals surface area contributed by atoms with Crippen LogP contribution in [0.5, 0.6) is 0 Å². The molecule has 1 heterocycles. The van der Waals surface area contributed by atoms with Gasteiger partial charge in [0.05, 0.1) is 4.90 Å². The quantitative estimate of drug-likeness (QED) is 0.482. The van der Waals surface area contributed by atoms with Crippen molar-refractivity contribution in [3.8, 4) is 11.1 Å². The molecule has 1 aliphatic heterocycles. The van der Waals surface area contributed by atoms with Crippen LogP contribution >= 0.6 is 0 Å². The smallest absolute Gasteiger partial charge is 0.238 e. The number of hydrogen-bond donors (Lipinski definition) is 1. The first-order chi connectivity index (χ1) is 16.4. The van der Waals surface area contributed by atoms with Gasteiger partial charge in [-0.25, -0.2) is 13.6 Å². The van der Waals surface area contributed by atoms with E-state index < -0.39 is 10.0 Å². The Morgan fingerprint density at radius 3 is 2.47 bits per heavy atom. The standard InChI is InChI=1S/C28H24N2O3S/c29-34(32,33)24-11-10-19-12-13-30(27(19)17-24)28(31)23-14-20-8-9-21(15-22(20)16-23)26-7-3-5-18-4-1-2-6-25(18)26/h1-11,15,17,23H,12-14,16H2,(H2,29,32,33)/t23-/m1/s1. The zero-order valence-electron chi connectivity index (χ0n) is 18.6. The van der Waals surface area contributed by atoms with Gasteiger partial charge in [-0.2, -0.15) is 0 Å². The van der Waals surface area contributed by atoms with Crippen molar-refractivity contribution in [2.75, 3.05) is 11.4 Å². The van der Waals surface area contributed by atoms with Gasteiger partial charge in [0.1, 0.15) is 0 Å². The first-order valence-electron chi connectivity index (χ1n) is 11.5. The topological polar surface area (TPSA) is 80.5 Å². The number of anilines is 1. The summed E-state index contributed by atoms with van der Waals surface area (Å²) in [4.78, 5) is 15.3. The minimum atomic E-state index is -3.82. The summed E-state index contributed by atoms with van der Waals surface area (Å²) in [7, 11) is -3.82. The van der Waals surface area contributed by atoms with E-state index in [4.69, 9.17) is 5.14 Å². The van der Waals surface area contributed by atoms with E-state index in [1.54, 1.807) is 11.0 Å². The molecule has 1 amide bonds. The Hall–Kier alpha value is -3.48. The monoisotopic (exact) mass is 468 g/mol. The minimum absolute atomic E-state index is 0.0420. The molecule has 1 aliphatic carbocycles. The number of amides is 1. The molecule has 6 rings (SSSR count). The molecule has 6 heteroatoms. The van der Waals surface area contributed by atoms with E-state index in [1.807, 2.05) is 6.07 Å². The summed E-state index contributed by atoms with van der Waals surface area (Å²) in [6.07, 6.45) is 2.11. The van der Waals surface area contributed by atoms with Crippen molar-refractivity contribution in [2.24, 2.45) is 11.1 Å². The van der Waals surface area contributed by atoms with Crippen molar-refractivity contribution < 1.29 is 13.2 Å². The highest BCUT2D eigenvalue weighted by molar-refractivity contribution is 7.89. The number of primary sulfonamides is 1. The summed E-state index contributed by atoms with van der Waals surface area (Å²) in [5.74, 6) is -0.102. The van der Waals surface area contributed by atoms with Gasteiger partial charge < -0.3 is 4.90 Å². The van der Waals surface area contributed by atoms with Crippen LogP contribution in [-0.4, -0.2) is 20.9 Å². The van der Waals surface area contributed by atoms with Gasteiger partial charge in [0, 0.05) is 18.2 Å². The number of rotatable bonds is 3. The molecule has 5 nitrogen and oxygen atoms in total. The largest absolute Gasteiger partial charge is 0.312 e. The van der Waals surface area contributed by atoms with Crippen molar-refractivity contribution in [1.29, 1.82) is 0 Å². The Labute approximate surface area is 198 Å². The van der Waals surface area contributed by atoms with E-state index in [0.717, 1.165) is 17.5 Å². The van der Waals surface area contributed by atoms with Gasteiger partial charge in [-0.05, 0) is 70.0 Å². The number of nitrogens with two attached hydrogens (primary N) is 1. The summed E-state index contributed by atoms with van der Waals surface area (Å²) < 4.78 is 23.6. The molecule has 0 fully saturated rings. The van der Waals surface area contributed by atoms with E-state index in [1.165, 1.54) is 39.6 Å². The molecular weight excluding hydrogens is 444 g/mol. The van der Waals surface area contributed by atoms with Gasteiger partial charge in [0.2, 0.25) is 15.9 Å². The number of hydrogen-bond acceptors (Lipinski definition) is 3. The molecule has 170 valence electrons. The molecule has 4 aromatic carbocycles. The molecule has 0 radical (unpaired) electrons. The number of carbonyl (C=O) groups excluding carboxylic acids is 1. The SMILES string of the molecule is NS(=O)(=O)c1ccc2c(c1)N(C(=O)[C@@H]1Cc3ccc(-c4cccc5ccccc45)cc3C1)CC2. The molecule has 1 atom stereocenters. The highest BCUT2D eigenvalue weighted by Gasteiger charge is 2.34. The van der Waals surface area contributed by atoms with Crippen LogP contribution in [-0.2, 0) is 34.1 Å². The lowest BCUT2D eigenvalue weighted by atomic mass is 9.96. The molecule has 2 aliphatic rings. The number of benzene rings is 4. The summed E-state index contributed by atoms with van der Waals surface area (Å²) >= 11 is 0. The Kier molecular flexibility index (Phi) is 4.83. The van der Waals surface area contributed by atoms with Gasteiger partial charge in [0.15, 0.2) is 0 Å². The van der Waals surface area contributed by atoms with Crippen LogP contribution in [0.25, 0.3) is 21.9 Å². The van der Waals surface area contributed by atoms with Crippen LogP contribution < -0.4 is 10.0 Å². The molecule has 0 spiro atoms. The van der Waals surface area contributed by atoms with Crippen LogP contribution in [0.4, 0.5) is 5.69 Å². The third-order valence-corrected chi connectivity index (χ3v) is 8.05. The lowest BCUT2D eigenvalue weighted by Crippen LogP contribution is -2.35. The summed E-state index contributed by atoms with van der Waals surface area (Å²) in [5, 5.41) is 7.74. The van der Waals surface area contributed by atoms with Crippen LogP contribution in [0, 0.1) is 5.92 Å². The zero-order valence-corrected chi connectivity index (χ0v) is 19.4. The summed E-state index contributed by atoms with van der Waals surface area (Å²) in [5.41, 5.74) is 6.42. The first-order valence-corrected chi connectivity index (χ1v) is 13.0. The molecule has 2 N–H and O–H groups in total. The molecule has 0 bridgehead atoms. The highest BCUT2D eigenvalue weighted by atomic mass is 32.2. The van der Waals surface area contributed by atoms with Gasteiger partial charge in [-0.15, -0.1) is 0 Å². The van der Waals surface area contributed by atoms with Gasteiger partial charge in [-0.3, -0.25) is 4.79 Å². The maximum Gasteiger partial charge on any atom is 0.238 e. The molecule has 0 aromatic heterocycles. The van der Waals surface area contributed by atoms with E-state index >= 15 is 0 Å². The molecule has 0 saturated heterocycles. The molecular formula is C28H24N2O3S. The summed E-state index contributed by atoms with van der Waals surface area (Å²) in [6.45, 7) is 0.566. The van der Waals surface area contributed by atoms with Gasteiger partial charge in [0.25, 0.3) is 0 Å². The van der Waals surface area contributed by atoms with E-state index in [-0.39, 0.29) is 16.7 Å². The van der Waals surface area contributed by atoms with Crippen LogP contribution in [0.15, 0.2) is 83.8 Å². The second-order valence-electron chi connectivity index (χ2n) is 9.19. The second-order valence-corrected chi connectivity index (χ2v) is 10.8.